The summed E-state index contributed by atoms with van der Waals surface area (Å²) in [7, 11) is 0. The molecule has 2 atom stereocenters. The van der Waals surface area contributed by atoms with Crippen molar-refractivity contribution in [3.63, 3.8) is 0 Å². The van der Waals surface area contributed by atoms with Gasteiger partial charge in [0.1, 0.15) is 11.4 Å². The molecule has 0 spiro atoms. The van der Waals surface area contributed by atoms with E-state index >= 15 is 0 Å². The first kappa shape index (κ1) is 23.4. The van der Waals surface area contributed by atoms with E-state index in [1.54, 1.807) is 47.1 Å². The average molecular weight is 485 g/mol. The van der Waals surface area contributed by atoms with E-state index < -0.39 is 17.8 Å². The van der Waals surface area contributed by atoms with Crippen molar-refractivity contribution in [3.8, 4) is 5.69 Å². The van der Waals surface area contributed by atoms with Gasteiger partial charge in [-0.2, -0.15) is 13.2 Å². The minimum Gasteiger partial charge on any atom is -0.326 e. The van der Waals surface area contributed by atoms with Crippen LogP contribution in [0.5, 0.6) is 0 Å². The quantitative estimate of drug-likeness (QED) is 0.517. The molecule has 9 heteroatoms. The molecule has 0 N–H and O–H groups in total. The van der Waals surface area contributed by atoms with Crippen LogP contribution in [0.1, 0.15) is 65.6 Å². The van der Waals surface area contributed by atoms with Crippen LogP contribution in [-0.4, -0.2) is 31.0 Å². The van der Waals surface area contributed by atoms with Crippen LogP contribution in [0.4, 0.5) is 13.2 Å². The zero-order valence-electron chi connectivity index (χ0n) is 19.8. The van der Waals surface area contributed by atoms with Crippen molar-refractivity contribution >= 4 is 5.91 Å². The lowest BCUT2D eigenvalue weighted by Gasteiger charge is -2.40. The predicted octanol–water partition coefficient (Wildman–Crippen LogP) is 4.92. The second-order valence-electron chi connectivity index (χ2n) is 9.79. The summed E-state index contributed by atoms with van der Waals surface area (Å²) < 4.78 is 44.0. The first-order chi connectivity index (χ1) is 16.5. The highest BCUT2D eigenvalue weighted by atomic mass is 19.4. The van der Waals surface area contributed by atoms with Gasteiger partial charge in [-0.05, 0) is 81.3 Å². The summed E-state index contributed by atoms with van der Waals surface area (Å²) in [5.74, 6) is 0.0623. The fraction of sp³-hybridized carbons (Fsp3) is 0.423. The topological polar surface area (TPSA) is 60.1 Å². The number of rotatable bonds is 5. The number of fused-ring (bicyclic) bond motifs is 1. The molecule has 1 aliphatic heterocycles. The van der Waals surface area contributed by atoms with E-state index in [2.05, 4.69) is 4.98 Å². The van der Waals surface area contributed by atoms with E-state index in [9.17, 15) is 22.8 Å². The number of carbonyl (C=O) groups excluding carboxylic acids is 1. The van der Waals surface area contributed by atoms with Crippen molar-refractivity contribution < 1.29 is 18.0 Å². The maximum Gasteiger partial charge on any atom is 0.416 e. The van der Waals surface area contributed by atoms with Crippen LogP contribution in [0.2, 0.25) is 0 Å². The molecule has 35 heavy (non-hydrogen) atoms. The Bertz CT molecular complexity index is 1350. The molecule has 184 valence electrons. The van der Waals surface area contributed by atoms with E-state index in [4.69, 9.17) is 0 Å². The number of benzene rings is 1. The first-order valence-corrected chi connectivity index (χ1v) is 11.8. The van der Waals surface area contributed by atoms with Gasteiger partial charge >= 0.3 is 6.18 Å². The number of alkyl halides is 3. The molecule has 0 bridgehead atoms. The lowest BCUT2D eigenvalue weighted by Crippen LogP contribution is -2.50. The molecular formula is C26H27F3N4O2. The second-order valence-corrected chi connectivity index (χ2v) is 9.79. The number of carbonyl (C=O) groups is 1. The smallest absolute Gasteiger partial charge is 0.326 e. The van der Waals surface area contributed by atoms with E-state index in [1.807, 2.05) is 13.8 Å². The molecule has 1 aliphatic carbocycles. The van der Waals surface area contributed by atoms with Crippen LogP contribution in [0.15, 0.2) is 47.7 Å². The van der Waals surface area contributed by atoms with Gasteiger partial charge in [0.05, 0.1) is 23.6 Å². The number of hydrogen-bond donors (Lipinski definition) is 0. The maximum absolute atomic E-state index is 13.7. The number of imidazole rings is 1. The van der Waals surface area contributed by atoms with Crippen molar-refractivity contribution in [3.05, 3.63) is 81.3 Å². The molecule has 1 fully saturated rings. The molecule has 0 saturated heterocycles. The molecule has 3 heterocycles. The summed E-state index contributed by atoms with van der Waals surface area (Å²) in [5, 5.41) is 0. The number of aromatic nitrogens is 3. The van der Waals surface area contributed by atoms with Gasteiger partial charge in [-0.1, -0.05) is 6.07 Å². The molecule has 2 aliphatic rings. The van der Waals surface area contributed by atoms with Gasteiger partial charge in [0, 0.05) is 18.8 Å². The predicted molar refractivity (Wildman–Crippen MR) is 124 cm³/mol. The molecule has 2 aromatic heterocycles. The van der Waals surface area contributed by atoms with Crippen molar-refractivity contribution in [2.45, 2.75) is 64.8 Å². The number of hydrogen-bond acceptors (Lipinski definition) is 3. The highest BCUT2D eigenvalue weighted by Crippen LogP contribution is 2.38. The Morgan fingerprint density at radius 2 is 1.89 bits per heavy atom. The van der Waals surface area contributed by atoms with Crippen LogP contribution < -0.4 is 5.56 Å². The van der Waals surface area contributed by atoms with Crippen molar-refractivity contribution in [2.24, 2.45) is 5.92 Å². The average Bonchev–Trinajstić information content (AvgIpc) is 3.50. The van der Waals surface area contributed by atoms with Gasteiger partial charge in [-0.25, -0.2) is 4.98 Å². The van der Waals surface area contributed by atoms with Crippen molar-refractivity contribution in [1.29, 1.82) is 0 Å². The fourth-order valence-electron chi connectivity index (χ4n) is 4.98. The zero-order valence-corrected chi connectivity index (χ0v) is 19.8. The van der Waals surface area contributed by atoms with Gasteiger partial charge in [0.2, 0.25) is 0 Å². The molecular weight excluding hydrogens is 457 g/mol. The molecule has 6 nitrogen and oxygen atoms in total. The monoisotopic (exact) mass is 484 g/mol. The Morgan fingerprint density at radius 3 is 2.51 bits per heavy atom. The largest absolute Gasteiger partial charge is 0.416 e. The Kier molecular flexibility index (Phi) is 5.61. The van der Waals surface area contributed by atoms with Gasteiger partial charge in [-0.15, -0.1) is 0 Å². The van der Waals surface area contributed by atoms with Crippen molar-refractivity contribution in [2.75, 3.05) is 0 Å². The Hall–Kier alpha value is -3.36. The van der Waals surface area contributed by atoms with Gasteiger partial charge < -0.3 is 14.0 Å². The summed E-state index contributed by atoms with van der Waals surface area (Å²) >= 11 is 0. The minimum atomic E-state index is -4.46. The molecule has 1 saturated carbocycles. The number of amides is 1. The summed E-state index contributed by atoms with van der Waals surface area (Å²) in [6.07, 6.45) is 1.51. The van der Waals surface area contributed by atoms with Crippen LogP contribution >= 0.6 is 0 Å². The molecule has 2 unspecified atom stereocenters. The van der Waals surface area contributed by atoms with Crippen LogP contribution in [0, 0.1) is 12.8 Å². The standard InChI is InChI=1S/C26H27F3N4O2/c1-15-12-31(14-30-15)22-6-7-23-25(35)33(16(2)13-32(23)24(22)34)17(3)20-9-19(8-18-4-5-18)10-21(11-20)26(27,28)29/h6-7,9-12,14,16-18H,4-5,8,13H2,1-3H3. The van der Waals surface area contributed by atoms with Gasteiger partial charge in [0.15, 0.2) is 0 Å². The second kappa shape index (κ2) is 8.39. The third kappa shape index (κ3) is 4.39. The summed E-state index contributed by atoms with van der Waals surface area (Å²) in [5.41, 5.74) is 1.49. The number of pyridine rings is 1. The van der Waals surface area contributed by atoms with E-state index in [0.29, 0.717) is 29.2 Å². The Balaban J connectivity index is 1.50. The minimum absolute atomic E-state index is 0.228. The van der Waals surface area contributed by atoms with Crippen LogP contribution in [0.3, 0.4) is 0 Å². The lowest BCUT2D eigenvalue weighted by atomic mass is 9.95. The highest BCUT2D eigenvalue weighted by molar-refractivity contribution is 5.94. The molecule has 0 radical (unpaired) electrons. The maximum atomic E-state index is 13.7. The Labute approximate surface area is 201 Å². The van der Waals surface area contributed by atoms with Gasteiger partial charge in [0.25, 0.3) is 11.5 Å². The fourth-order valence-corrected chi connectivity index (χ4v) is 4.98. The molecule has 5 rings (SSSR count). The highest BCUT2D eigenvalue weighted by Gasteiger charge is 2.37. The Morgan fingerprint density at radius 1 is 1.14 bits per heavy atom. The molecule has 1 amide bonds. The third-order valence-corrected chi connectivity index (χ3v) is 6.98. The van der Waals surface area contributed by atoms with Crippen LogP contribution in [0.25, 0.3) is 5.69 Å². The third-order valence-electron chi connectivity index (χ3n) is 6.98. The molecule has 1 aromatic carbocycles. The number of nitrogens with zero attached hydrogens (tertiary/aromatic N) is 4. The number of halogens is 3. The van der Waals surface area contributed by atoms with E-state index in [0.717, 1.165) is 24.6 Å². The van der Waals surface area contributed by atoms with Crippen molar-refractivity contribution in [1.82, 2.24) is 19.0 Å². The summed E-state index contributed by atoms with van der Waals surface area (Å²) in [6, 6.07) is 6.39. The van der Waals surface area contributed by atoms with E-state index in [1.165, 1.54) is 10.6 Å². The van der Waals surface area contributed by atoms with Crippen LogP contribution in [-0.2, 0) is 19.1 Å². The first-order valence-electron chi connectivity index (χ1n) is 11.8. The number of aryl methyl sites for hydroxylation is 1. The van der Waals surface area contributed by atoms with E-state index in [-0.39, 0.29) is 29.7 Å². The SMILES string of the molecule is Cc1cn(-c2ccc3n(c2=O)CC(C)N(C(C)c2cc(CC4CC4)cc(C(F)(F)F)c2)C3=O)cn1. The van der Waals surface area contributed by atoms with Gasteiger partial charge in [-0.3, -0.25) is 9.59 Å². The zero-order chi connectivity index (χ0) is 25.1. The normalized spacial score (nSPS) is 19.1. The summed E-state index contributed by atoms with van der Waals surface area (Å²) in [6.45, 7) is 5.64. The molecule has 3 aromatic rings. The summed E-state index contributed by atoms with van der Waals surface area (Å²) in [4.78, 5) is 32.5. The lowest BCUT2D eigenvalue weighted by molar-refractivity contribution is -0.137.